The number of hydrogen-bond acceptors (Lipinski definition) is 2. The lowest BCUT2D eigenvalue weighted by molar-refractivity contribution is -0.137. The summed E-state index contributed by atoms with van der Waals surface area (Å²) in [5, 5.41) is 9.67. The molecule has 0 heterocycles. The molecule has 0 amide bonds. The second-order valence-corrected chi connectivity index (χ2v) is 6.81. The molecule has 0 bridgehead atoms. The minimum absolute atomic E-state index is 0.0492. The molecular weight excluding hydrogens is 212 g/mol. The van der Waals surface area contributed by atoms with E-state index >= 15 is 0 Å². The fourth-order valence-electron chi connectivity index (χ4n) is 4.47. The molecule has 2 nitrogen and oxygen atoms in total. The second-order valence-electron chi connectivity index (χ2n) is 6.81. The number of rotatable bonds is 1. The third-order valence-electron chi connectivity index (χ3n) is 5.16. The Bertz CT molecular complexity index is 367. The van der Waals surface area contributed by atoms with Crippen molar-refractivity contribution in [3.63, 3.8) is 0 Å². The van der Waals surface area contributed by atoms with Gasteiger partial charge in [-0.1, -0.05) is 32.8 Å². The smallest absolute Gasteiger partial charge is 0.159 e. The zero-order chi connectivity index (χ0) is 12.8. The van der Waals surface area contributed by atoms with Gasteiger partial charge in [0.15, 0.2) is 5.78 Å². The van der Waals surface area contributed by atoms with Crippen molar-refractivity contribution >= 4 is 5.78 Å². The van der Waals surface area contributed by atoms with Crippen molar-refractivity contribution in [1.82, 2.24) is 0 Å². The Hall–Kier alpha value is -0.630. The lowest BCUT2D eigenvalue weighted by Crippen LogP contribution is -2.53. The van der Waals surface area contributed by atoms with Crippen LogP contribution in [0.2, 0.25) is 0 Å². The van der Waals surface area contributed by atoms with Crippen LogP contribution in [0.25, 0.3) is 0 Å². The van der Waals surface area contributed by atoms with Gasteiger partial charge in [-0.15, -0.1) is 0 Å². The van der Waals surface area contributed by atoms with Crippen LogP contribution in [-0.4, -0.2) is 17.5 Å². The van der Waals surface area contributed by atoms with Crippen LogP contribution in [0.4, 0.5) is 0 Å². The Morgan fingerprint density at radius 2 is 2.00 bits per heavy atom. The molecule has 0 spiro atoms. The van der Waals surface area contributed by atoms with Gasteiger partial charge in [-0.3, -0.25) is 4.79 Å². The molecule has 2 aliphatic rings. The molecule has 3 atom stereocenters. The molecule has 96 valence electrons. The van der Waals surface area contributed by atoms with Gasteiger partial charge in [-0.25, -0.2) is 0 Å². The summed E-state index contributed by atoms with van der Waals surface area (Å²) in [6.07, 6.45) is 5.12. The zero-order valence-corrected chi connectivity index (χ0v) is 11.4. The van der Waals surface area contributed by atoms with E-state index in [9.17, 15) is 9.90 Å². The van der Waals surface area contributed by atoms with E-state index in [-0.39, 0.29) is 35.1 Å². The van der Waals surface area contributed by atoms with Crippen molar-refractivity contribution in [3.05, 3.63) is 11.6 Å². The van der Waals surface area contributed by atoms with E-state index in [4.69, 9.17) is 0 Å². The van der Waals surface area contributed by atoms with E-state index in [1.807, 2.05) is 6.92 Å². The minimum atomic E-state index is -0.0492. The van der Waals surface area contributed by atoms with Crippen molar-refractivity contribution in [2.24, 2.45) is 22.7 Å². The Morgan fingerprint density at radius 3 is 2.59 bits per heavy atom. The summed E-state index contributed by atoms with van der Waals surface area (Å²) in [5.41, 5.74) is 1.08. The van der Waals surface area contributed by atoms with Crippen molar-refractivity contribution < 1.29 is 9.90 Å². The summed E-state index contributed by atoms with van der Waals surface area (Å²) in [7, 11) is 0. The number of carbonyl (C=O) groups excluding carboxylic acids is 1. The Labute approximate surface area is 104 Å². The van der Waals surface area contributed by atoms with Gasteiger partial charge in [0.2, 0.25) is 0 Å². The average Bonchev–Trinajstić information content (AvgIpc) is 2.14. The summed E-state index contributed by atoms with van der Waals surface area (Å²) in [6.45, 7) is 8.76. The number of carbonyl (C=O) groups is 1. The lowest BCUT2D eigenvalue weighted by atomic mass is 9.48. The highest BCUT2D eigenvalue weighted by atomic mass is 16.3. The summed E-state index contributed by atoms with van der Waals surface area (Å²) < 4.78 is 0. The standard InChI is InChI=1S/C15H24O2/c1-10-8-12(17)13-14(2,3)6-5-7-15(13,4)11(10)9-16/h8,11,13,16H,5-7,9H2,1-4H3/t11?,13-,15+/m0/s1. The summed E-state index contributed by atoms with van der Waals surface area (Å²) in [4.78, 5) is 12.4. The van der Waals surface area contributed by atoms with E-state index in [0.29, 0.717) is 0 Å². The maximum absolute atomic E-state index is 12.4. The normalized spacial score (nSPS) is 40.8. The number of hydrogen-bond donors (Lipinski definition) is 1. The van der Waals surface area contributed by atoms with Crippen molar-refractivity contribution in [2.75, 3.05) is 6.61 Å². The molecule has 2 aliphatic carbocycles. The number of allylic oxidation sites excluding steroid dienone is 1. The van der Waals surface area contributed by atoms with Crippen LogP contribution in [0.3, 0.4) is 0 Å². The molecule has 1 fully saturated rings. The fourth-order valence-corrected chi connectivity index (χ4v) is 4.47. The summed E-state index contributed by atoms with van der Waals surface area (Å²) in [6, 6.07) is 0. The maximum atomic E-state index is 12.4. The first-order valence-corrected chi connectivity index (χ1v) is 6.66. The molecule has 1 unspecified atom stereocenters. The van der Waals surface area contributed by atoms with Gasteiger partial charge in [0.25, 0.3) is 0 Å². The van der Waals surface area contributed by atoms with Gasteiger partial charge in [0, 0.05) is 11.8 Å². The molecule has 17 heavy (non-hydrogen) atoms. The fraction of sp³-hybridized carbons (Fsp3) is 0.800. The van der Waals surface area contributed by atoms with Crippen LogP contribution in [0.5, 0.6) is 0 Å². The molecule has 2 heteroatoms. The van der Waals surface area contributed by atoms with Crippen LogP contribution in [0, 0.1) is 22.7 Å². The first-order valence-electron chi connectivity index (χ1n) is 6.66. The van der Waals surface area contributed by atoms with E-state index in [1.54, 1.807) is 6.08 Å². The van der Waals surface area contributed by atoms with Gasteiger partial charge < -0.3 is 5.11 Å². The van der Waals surface area contributed by atoms with E-state index in [0.717, 1.165) is 24.8 Å². The van der Waals surface area contributed by atoms with E-state index < -0.39 is 0 Å². The van der Waals surface area contributed by atoms with Crippen LogP contribution in [-0.2, 0) is 4.79 Å². The number of ketones is 1. The molecular formula is C15H24O2. The highest BCUT2D eigenvalue weighted by Crippen LogP contribution is 2.58. The quantitative estimate of drug-likeness (QED) is 0.760. The monoisotopic (exact) mass is 236 g/mol. The first-order chi connectivity index (χ1) is 7.83. The van der Waals surface area contributed by atoms with Gasteiger partial charge in [0.05, 0.1) is 6.61 Å². The van der Waals surface area contributed by atoms with Crippen LogP contribution < -0.4 is 0 Å². The Morgan fingerprint density at radius 1 is 1.35 bits per heavy atom. The third-order valence-corrected chi connectivity index (χ3v) is 5.16. The summed E-state index contributed by atoms with van der Waals surface area (Å²) in [5.74, 6) is 0.508. The van der Waals surface area contributed by atoms with Crippen molar-refractivity contribution in [2.45, 2.75) is 47.0 Å². The molecule has 0 aromatic rings. The molecule has 1 saturated carbocycles. The molecule has 2 rings (SSSR count). The van der Waals surface area contributed by atoms with Crippen LogP contribution in [0.1, 0.15) is 47.0 Å². The summed E-state index contributed by atoms with van der Waals surface area (Å²) >= 11 is 0. The van der Waals surface area contributed by atoms with E-state index in [2.05, 4.69) is 20.8 Å². The van der Waals surface area contributed by atoms with Gasteiger partial charge in [0.1, 0.15) is 0 Å². The molecule has 1 N–H and O–H groups in total. The van der Waals surface area contributed by atoms with Gasteiger partial charge in [-0.05, 0) is 36.7 Å². The highest BCUT2D eigenvalue weighted by Gasteiger charge is 2.55. The topological polar surface area (TPSA) is 37.3 Å². The van der Waals surface area contributed by atoms with Gasteiger partial charge >= 0.3 is 0 Å². The first kappa shape index (κ1) is 12.8. The number of aliphatic hydroxyl groups is 1. The maximum Gasteiger partial charge on any atom is 0.159 e. The molecule has 0 saturated heterocycles. The predicted molar refractivity (Wildman–Crippen MR) is 68.6 cm³/mol. The van der Waals surface area contributed by atoms with E-state index in [1.165, 1.54) is 0 Å². The minimum Gasteiger partial charge on any atom is -0.396 e. The van der Waals surface area contributed by atoms with Crippen molar-refractivity contribution in [1.29, 1.82) is 0 Å². The second kappa shape index (κ2) is 3.94. The molecule has 0 aliphatic heterocycles. The Balaban J connectivity index is 2.51. The average molecular weight is 236 g/mol. The van der Waals surface area contributed by atoms with Gasteiger partial charge in [-0.2, -0.15) is 0 Å². The SMILES string of the molecule is CC1=CC(=O)[C@H]2C(C)(C)CCC[C@]2(C)C1CO. The third kappa shape index (κ3) is 1.77. The Kier molecular flexibility index (Phi) is 2.97. The number of aliphatic hydroxyl groups excluding tert-OH is 1. The lowest BCUT2D eigenvalue weighted by Gasteiger charge is -2.55. The van der Waals surface area contributed by atoms with Crippen LogP contribution >= 0.6 is 0 Å². The zero-order valence-electron chi connectivity index (χ0n) is 11.4. The highest BCUT2D eigenvalue weighted by molar-refractivity contribution is 5.94. The van der Waals surface area contributed by atoms with Crippen LogP contribution in [0.15, 0.2) is 11.6 Å². The van der Waals surface area contributed by atoms with Crippen molar-refractivity contribution in [3.8, 4) is 0 Å². The predicted octanol–water partition coefficient (Wildman–Crippen LogP) is 2.96. The largest absolute Gasteiger partial charge is 0.396 e. The molecule has 0 aromatic heterocycles. The number of fused-ring (bicyclic) bond motifs is 1. The molecule has 0 aromatic carbocycles. The molecule has 0 radical (unpaired) electrons.